The number of carbonyl (C=O) groups is 3. The maximum absolute atomic E-state index is 12.6. The van der Waals surface area contributed by atoms with Crippen molar-refractivity contribution in [2.24, 2.45) is 0 Å². The first-order chi connectivity index (χ1) is 15.3. The highest BCUT2D eigenvalue weighted by Crippen LogP contribution is 2.30. The third kappa shape index (κ3) is 3.99. The molecule has 0 unspecified atom stereocenters. The molecule has 0 radical (unpaired) electrons. The van der Waals surface area contributed by atoms with Gasteiger partial charge in [0.2, 0.25) is 5.91 Å². The van der Waals surface area contributed by atoms with Gasteiger partial charge in [-0.25, -0.2) is 9.97 Å². The number of benzene rings is 2. The van der Waals surface area contributed by atoms with Gasteiger partial charge in [-0.1, -0.05) is 6.07 Å². The summed E-state index contributed by atoms with van der Waals surface area (Å²) in [6.45, 7) is 1.28. The average Bonchev–Trinajstić information content (AvgIpc) is 3.00. The van der Waals surface area contributed by atoms with Crippen molar-refractivity contribution in [1.29, 1.82) is 0 Å². The van der Waals surface area contributed by atoms with Gasteiger partial charge >= 0.3 is 0 Å². The van der Waals surface area contributed by atoms with E-state index in [0.29, 0.717) is 16.4 Å². The van der Waals surface area contributed by atoms with Gasteiger partial charge in [-0.15, -0.1) is 0 Å². The van der Waals surface area contributed by atoms with Gasteiger partial charge < -0.3 is 10.6 Å². The van der Waals surface area contributed by atoms with E-state index in [4.69, 9.17) is 0 Å². The average molecular weight is 432 g/mol. The summed E-state index contributed by atoms with van der Waals surface area (Å²) in [6, 6.07) is 12.3. The van der Waals surface area contributed by atoms with Crippen LogP contribution in [0.5, 0.6) is 0 Å². The Labute approximate surface area is 181 Å². The molecule has 11 heteroatoms. The van der Waals surface area contributed by atoms with E-state index in [9.17, 15) is 24.5 Å². The third-order valence-electron chi connectivity index (χ3n) is 4.72. The second kappa shape index (κ2) is 8.22. The predicted octanol–water partition coefficient (Wildman–Crippen LogP) is 2.67. The Morgan fingerprint density at radius 3 is 2.47 bits per heavy atom. The summed E-state index contributed by atoms with van der Waals surface area (Å²) in [6.07, 6.45) is 1.44. The maximum Gasteiger partial charge on any atom is 0.282 e. The van der Waals surface area contributed by atoms with Gasteiger partial charge in [0.15, 0.2) is 0 Å². The van der Waals surface area contributed by atoms with Crippen LogP contribution in [0, 0.1) is 17.0 Å². The molecule has 2 N–H and O–H groups in total. The standard InChI is InChI=1S/C21H16N6O5/c1-12-9-17(23-11-22-12)24-13-5-7-14(8-6-13)25-18(28)10-26-20(29)15-3-2-4-16(27(31)32)19(15)21(26)30/h2-9,11H,10H2,1H3,(H,25,28)(H,22,23,24). The van der Waals surface area contributed by atoms with Crippen LogP contribution in [0.4, 0.5) is 22.9 Å². The van der Waals surface area contributed by atoms with Crippen LogP contribution in [-0.4, -0.2) is 44.1 Å². The van der Waals surface area contributed by atoms with E-state index in [0.717, 1.165) is 17.4 Å². The lowest BCUT2D eigenvalue weighted by atomic mass is 10.1. The molecule has 0 bridgehead atoms. The van der Waals surface area contributed by atoms with Gasteiger partial charge in [-0.05, 0) is 37.3 Å². The van der Waals surface area contributed by atoms with Crippen molar-refractivity contribution in [3.05, 3.63) is 81.8 Å². The van der Waals surface area contributed by atoms with Crippen LogP contribution in [0.2, 0.25) is 0 Å². The molecule has 4 rings (SSSR count). The number of fused-ring (bicyclic) bond motifs is 1. The van der Waals surface area contributed by atoms with Crippen molar-refractivity contribution in [3.63, 3.8) is 0 Å². The molecule has 0 atom stereocenters. The number of nitro groups is 1. The van der Waals surface area contributed by atoms with Crippen LogP contribution >= 0.6 is 0 Å². The fourth-order valence-electron chi connectivity index (χ4n) is 3.26. The lowest BCUT2D eigenvalue weighted by molar-refractivity contribution is -0.385. The summed E-state index contributed by atoms with van der Waals surface area (Å²) >= 11 is 0. The third-order valence-corrected chi connectivity index (χ3v) is 4.72. The number of amides is 3. The molecule has 1 aromatic heterocycles. The smallest absolute Gasteiger partial charge is 0.282 e. The second-order valence-electron chi connectivity index (χ2n) is 6.95. The molecule has 3 aromatic rings. The van der Waals surface area contributed by atoms with Crippen molar-refractivity contribution < 1.29 is 19.3 Å². The Hall–Kier alpha value is -4.67. The van der Waals surface area contributed by atoms with Crippen molar-refractivity contribution in [3.8, 4) is 0 Å². The molecule has 0 aliphatic carbocycles. The van der Waals surface area contributed by atoms with E-state index in [1.807, 2.05) is 6.92 Å². The SMILES string of the molecule is Cc1cc(Nc2ccc(NC(=O)CN3C(=O)c4cccc([N+](=O)[O-])c4C3=O)cc2)ncn1. The van der Waals surface area contributed by atoms with Crippen LogP contribution in [0.15, 0.2) is 54.9 Å². The molecule has 0 fully saturated rings. The Bertz CT molecular complexity index is 1260. The lowest BCUT2D eigenvalue weighted by Crippen LogP contribution is -2.37. The minimum Gasteiger partial charge on any atom is -0.340 e. The topological polar surface area (TPSA) is 147 Å². The number of carbonyl (C=O) groups excluding carboxylic acids is 3. The van der Waals surface area contributed by atoms with Gasteiger partial charge in [0.25, 0.3) is 17.5 Å². The number of anilines is 3. The number of aryl methyl sites for hydroxylation is 1. The Balaban J connectivity index is 1.42. The minimum absolute atomic E-state index is 0.0904. The van der Waals surface area contributed by atoms with E-state index in [-0.39, 0.29) is 11.1 Å². The highest BCUT2D eigenvalue weighted by molar-refractivity contribution is 6.24. The number of aromatic nitrogens is 2. The van der Waals surface area contributed by atoms with Crippen LogP contribution < -0.4 is 10.6 Å². The van der Waals surface area contributed by atoms with Crippen molar-refractivity contribution in [1.82, 2.24) is 14.9 Å². The largest absolute Gasteiger partial charge is 0.340 e. The fraction of sp³-hybridized carbons (Fsp3) is 0.0952. The Morgan fingerprint density at radius 2 is 1.78 bits per heavy atom. The zero-order chi connectivity index (χ0) is 22.8. The summed E-state index contributed by atoms with van der Waals surface area (Å²) in [5, 5.41) is 16.9. The molecule has 0 saturated heterocycles. The molecular formula is C21H16N6O5. The number of hydrogen-bond acceptors (Lipinski definition) is 8. The molecule has 1 aliphatic heterocycles. The normalized spacial score (nSPS) is 12.5. The van der Waals surface area contributed by atoms with Gasteiger partial charge in [0, 0.05) is 29.2 Å². The minimum atomic E-state index is -0.868. The number of rotatable bonds is 6. The van der Waals surface area contributed by atoms with E-state index in [1.54, 1.807) is 30.3 Å². The maximum atomic E-state index is 12.6. The van der Waals surface area contributed by atoms with E-state index in [1.165, 1.54) is 18.5 Å². The van der Waals surface area contributed by atoms with E-state index in [2.05, 4.69) is 20.6 Å². The van der Waals surface area contributed by atoms with E-state index >= 15 is 0 Å². The van der Waals surface area contributed by atoms with Gasteiger partial charge in [-0.2, -0.15) is 0 Å². The highest BCUT2D eigenvalue weighted by atomic mass is 16.6. The molecule has 2 heterocycles. The van der Waals surface area contributed by atoms with Crippen LogP contribution in [0.1, 0.15) is 26.4 Å². The van der Waals surface area contributed by atoms with Crippen LogP contribution in [0.25, 0.3) is 0 Å². The molecule has 0 spiro atoms. The predicted molar refractivity (Wildman–Crippen MR) is 114 cm³/mol. The van der Waals surface area contributed by atoms with Crippen molar-refractivity contribution in [2.45, 2.75) is 6.92 Å². The van der Waals surface area contributed by atoms with Crippen molar-refractivity contribution in [2.75, 3.05) is 17.2 Å². The summed E-state index contributed by atoms with van der Waals surface area (Å²) in [5.41, 5.74) is 1.13. The van der Waals surface area contributed by atoms with Gasteiger partial charge in [0.1, 0.15) is 24.3 Å². The van der Waals surface area contributed by atoms with Gasteiger partial charge in [-0.3, -0.25) is 29.4 Å². The molecular weight excluding hydrogens is 416 g/mol. The first-order valence-corrected chi connectivity index (χ1v) is 9.42. The summed E-state index contributed by atoms with van der Waals surface area (Å²) in [4.78, 5) is 56.8. The highest BCUT2D eigenvalue weighted by Gasteiger charge is 2.41. The number of hydrogen-bond donors (Lipinski definition) is 2. The zero-order valence-electron chi connectivity index (χ0n) is 16.7. The molecule has 11 nitrogen and oxygen atoms in total. The zero-order valence-corrected chi connectivity index (χ0v) is 16.7. The first kappa shape index (κ1) is 20.6. The molecule has 3 amide bonds. The second-order valence-corrected chi connectivity index (χ2v) is 6.95. The number of nitro benzene ring substituents is 1. The van der Waals surface area contributed by atoms with E-state index < -0.39 is 34.9 Å². The van der Waals surface area contributed by atoms with Gasteiger partial charge in [0.05, 0.1) is 10.5 Å². The Kier molecular flexibility index (Phi) is 5.29. The summed E-state index contributed by atoms with van der Waals surface area (Å²) < 4.78 is 0. The van der Waals surface area contributed by atoms with Crippen LogP contribution in [0.3, 0.4) is 0 Å². The summed E-state index contributed by atoms with van der Waals surface area (Å²) in [7, 11) is 0. The Morgan fingerprint density at radius 1 is 1.06 bits per heavy atom. The molecule has 160 valence electrons. The fourth-order valence-corrected chi connectivity index (χ4v) is 3.26. The van der Waals surface area contributed by atoms with Crippen LogP contribution in [-0.2, 0) is 4.79 Å². The number of nitrogens with one attached hydrogen (secondary N) is 2. The molecule has 2 aromatic carbocycles. The molecule has 32 heavy (non-hydrogen) atoms. The molecule has 0 saturated carbocycles. The monoisotopic (exact) mass is 432 g/mol. The quantitative estimate of drug-likeness (QED) is 0.343. The molecule has 1 aliphatic rings. The number of nitrogens with zero attached hydrogens (tertiary/aromatic N) is 4. The summed E-state index contributed by atoms with van der Waals surface area (Å²) in [5.74, 6) is -1.61. The number of imide groups is 1. The first-order valence-electron chi connectivity index (χ1n) is 9.42. The van der Waals surface area contributed by atoms with Crippen molar-refractivity contribution >= 4 is 40.6 Å². The lowest BCUT2D eigenvalue weighted by Gasteiger charge is -2.14.